The molecule has 0 aromatic heterocycles. The van der Waals surface area contributed by atoms with E-state index in [-0.39, 0.29) is 34.8 Å². The van der Waals surface area contributed by atoms with E-state index in [2.05, 4.69) is 46.8 Å². The summed E-state index contributed by atoms with van der Waals surface area (Å²) in [6, 6.07) is 8.33. The molecular weight excluding hydrogens is 442 g/mol. The van der Waals surface area contributed by atoms with Crippen LogP contribution in [0.3, 0.4) is 0 Å². The lowest BCUT2D eigenvalue weighted by molar-refractivity contribution is -0.173. The molecule has 0 radical (unpaired) electrons. The number of rotatable bonds is 2. The van der Waals surface area contributed by atoms with Crippen LogP contribution in [0.2, 0.25) is 0 Å². The van der Waals surface area contributed by atoms with Crippen LogP contribution in [0.15, 0.2) is 28.7 Å². The van der Waals surface area contributed by atoms with E-state index in [0.29, 0.717) is 37.0 Å². The van der Waals surface area contributed by atoms with Gasteiger partial charge in [-0.25, -0.2) is 0 Å². The Labute approximate surface area is 187 Å². The van der Waals surface area contributed by atoms with Crippen molar-refractivity contribution in [3.8, 4) is 0 Å². The molecule has 1 N–H and O–H groups in total. The lowest BCUT2D eigenvalue weighted by atomic mass is 9.47. The molecule has 0 bridgehead atoms. The standard InChI is InChI=1S/C25H32BrNO3/c1-24-12-11-22(30)27(14-15-3-5-16(26)6-4-15)20(24)9-7-17-18-8-10-21(29)25(18,2)13-19(28)23(17)24/h3-6,17-18,20-21,23,29H,7-14H2,1-2H3/t17-,18-,20?,21-,23+,24?,25?/m0/s1. The molecule has 4 nitrogen and oxygen atoms in total. The van der Waals surface area contributed by atoms with Gasteiger partial charge in [-0.2, -0.15) is 0 Å². The van der Waals surface area contributed by atoms with Gasteiger partial charge in [0.15, 0.2) is 0 Å². The van der Waals surface area contributed by atoms with Crippen LogP contribution in [0.5, 0.6) is 0 Å². The maximum atomic E-state index is 13.5. The van der Waals surface area contributed by atoms with E-state index in [1.165, 1.54) is 0 Å². The van der Waals surface area contributed by atoms with Gasteiger partial charge >= 0.3 is 0 Å². The Balaban J connectivity index is 1.46. The van der Waals surface area contributed by atoms with Crippen LogP contribution in [-0.4, -0.2) is 33.8 Å². The zero-order chi connectivity index (χ0) is 21.3. The van der Waals surface area contributed by atoms with Gasteiger partial charge in [0.1, 0.15) is 5.78 Å². The summed E-state index contributed by atoms with van der Waals surface area (Å²) in [5, 5.41) is 10.6. The minimum atomic E-state index is -0.347. The highest BCUT2D eigenvalue weighted by molar-refractivity contribution is 9.10. The molecule has 4 fully saturated rings. The molecule has 162 valence electrons. The maximum Gasteiger partial charge on any atom is 0.223 e. The van der Waals surface area contributed by atoms with Crippen molar-refractivity contribution in [2.24, 2.45) is 28.6 Å². The number of ketones is 1. The fraction of sp³-hybridized carbons (Fsp3) is 0.680. The third-order valence-corrected chi connectivity index (χ3v) is 9.82. The molecule has 30 heavy (non-hydrogen) atoms. The topological polar surface area (TPSA) is 57.6 Å². The number of aliphatic hydroxyl groups excluding tert-OH is 1. The van der Waals surface area contributed by atoms with Crippen LogP contribution in [0.1, 0.15) is 64.4 Å². The molecule has 5 rings (SSSR count). The zero-order valence-electron chi connectivity index (χ0n) is 17.9. The van der Waals surface area contributed by atoms with Crippen LogP contribution >= 0.6 is 15.9 Å². The highest BCUT2D eigenvalue weighted by Gasteiger charge is 2.64. The molecule has 1 aromatic rings. The zero-order valence-corrected chi connectivity index (χ0v) is 19.5. The number of aliphatic hydroxyl groups is 1. The molecule has 1 aromatic carbocycles. The van der Waals surface area contributed by atoms with Crippen LogP contribution in [0, 0.1) is 28.6 Å². The quantitative estimate of drug-likeness (QED) is 0.675. The average molecular weight is 474 g/mol. The first-order valence-electron chi connectivity index (χ1n) is 11.5. The molecular formula is C25H32BrNO3. The molecule has 7 atom stereocenters. The Morgan fingerprint density at radius 2 is 1.80 bits per heavy atom. The van der Waals surface area contributed by atoms with Crippen molar-refractivity contribution >= 4 is 27.6 Å². The summed E-state index contributed by atoms with van der Waals surface area (Å²) >= 11 is 3.49. The van der Waals surface area contributed by atoms with Crippen molar-refractivity contribution in [2.45, 2.75) is 77.5 Å². The van der Waals surface area contributed by atoms with Gasteiger partial charge in [-0.1, -0.05) is 41.9 Å². The Hall–Kier alpha value is -1.20. The Bertz CT molecular complexity index is 870. The van der Waals surface area contributed by atoms with Crippen molar-refractivity contribution in [1.29, 1.82) is 0 Å². The monoisotopic (exact) mass is 473 g/mol. The van der Waals surface area contributed by atoms with E-state index in [0.717, 1.165) is 42.1 Å². The van der Waals surface area contributed by atoms with Gasteiger partial charge in [0, 0.05) is 41.2 Å². The second-order valence-electron chi connectivity index (χ2n) is 10.7. The van der Waals surface area contributed by atoms with E-state index < -0.39 is 0 Å². The molecule has 1 saturated heterocycles. The number of piperidine rings is 1. The normalized spacial score (nSPS) is 43.2. The summed E-state index contributed by atoms with van der Waals surface area (Å²) in [5.74, 6) is 1.39. The van der Waals surface area contributed by atoms with E-state index in [1.807, 2.05) is 12.1 Å². The molecule has 3 unspecified atom stereocenters. The molecule has 3 aliphatic carbocycles. The van der Waals surface area contributed by atoms with Gasteiger partial charge in [-0.15, -0.1) is 0 Å². The Kier molecular flexibility index (Phi) is 4.94. The fourth-order valence-electron chi connectivity index (χ4n) is 7.78. The van der Waals surface area contributed by atoms with Gasteiger partial charge in [-0.05, 0) is 67.1 Å². The number of hydrogen-bond acceptors (Lipinski definition) is 3. The summed E-state index contributed by atoms with van der Waals surface area (Å²) in [7, 11) is 0. The van der Waals surface area contributed by atoms with Crippen molar-refractivity contribution in [2.75, 3.05) is 0 Å². The summed E-state index contributed by atoms with van der Waals surface area (Å²) in [4.78, 5) is 28.6. The minimum absolute atomic E-state index is 0.0279. The number of Topliss-reactive ketones (excluding diaryl/α,β-unsaturated/α-hetero) is 1. The molecule has 1 heterocycles. The number of fused-ring (bicyclic) bond motifs is 5. The van der Waals surface area contributed by atoms with Gasteiger partial charge in [-0.3, -0.25) is 9.59 Å². The minimum Gasteiger partial charge on any atom is -0.393 e. The van der Waals surface area contributed by atoms with E-state index in [4.69, 9.17) is 0 Å². The fourth-order valence-corrected chi connectivity index (χ4v) is 8.04. The van der Waals surface area contributed by atoms with Crippen molar-refractivity contribution in [3.05, 3.63) is 34.3 Å². The molecule has 4 aliphatic rings. The highest BCUT2D eigenvalue weighted by atomic mass is 79.9. The molecule has 1 amide bonds. The first-order chi connectivity index (χ1) is 14.2. The third kappa shape index (κ3) is 2.95. The van der Waals surface area contributed by atoms with Gasteiger partial charge < -0.3 is 10.0 Å². The average Bonchev–Trinajstić information content (AvgIpc) is 3.00. The Morgan fingerprint density at radius 3 is 2.53 bits per heavy atom. The highest BCUT2D eigenvalue weighted by Crippen LogP contribution is 2.63. The number of likely N-dealkylation sites (tertiary alicyclic amines) is 1. The SMILES string of the molecule is CC12CCC(=O)N(Cc3ccc(Br)cc3)C1CC[C@@H]1[C@@H]2C(=O)CC2(C)[C@@H](O)CC[C@@H]12. The third-order valence-electron chi connectivity index (χ3n) is 9.29. The molecule has 1 aliphatic heterocycles. The molecule has 5 heteroatoms. The summed E-state index contributed by atoms with van der Waals surface area (Å²) in [5.41, 5.74) is 0.737. The second-order valence-corrected chi connectivity index (χ2v) is 11.7. The van der Waals surface area contributed by atoms with Gasteiger partial charge in [0.05, 0.1) is 6.10 Å². The van der Waals surface area contributed by atoms with E-state index in [1.54, 1.807) is 0 Å². The summed E-state index contributed by atoms with van der Waals surface area (Å²) in [6.07, 6.45) is 5.32. The first-order valence-corrected chi connectivity index (χ1v) is 12.3. The first kappa shape index (κ1) is 20.7. The second kappa shape index (κ2) is 7.16. The molecule has 3 saturated carbocycles. The summed E-state index contributed by atoms with van der Waals surface area (Å²) < 4.78 is 1.04. The number of amides is 1. The predicted molar refractivity (Wildman–Crippen MR) is 118 cm³/mol. The predicted octanol–water partition coefficient (Wildman–Crippen LogP) is 4.72. The van der Waals surface area contributed by atoms with Crippen LogP contribution in [0.25, 0.3) is 0 Å². The van der Waals surface area contributed by atoms with Gasteiger partial charge in [0.2, 0.25) is 5.91 Å². The number of benzene rings is 1. The number of hydrogen-bond donors (Lipinski definition) is 1. The maximum absolute atomic E-state index is 13.5. The van der Waals surface area contributed by atoms with E-state index >= 15 is 0 Å². The van der Waals surface area contributed by atoms with Crippen molar-refractivity contribution < 1.29 is 14.7 Å². The Morgan fingerprint density at radius 1 is 1.07 bits per heavy atom. The summed E-state index contributed by atoms with van der Waals surface area (Å²) in [6.45, 7) is 5.04. The number of halogens is 1. The van der Waals surface area contributed by atoms with Crippen LogP contribution < -0.4 is 0 Å². The number of carbonyl (C=O) groups is 2. The number of nitrogens with zero attached hydrogens (tertiary/aromatic N) is 1. The molecule has 0 spiro atoms. The lowest BCUT2D eigenvalue weighted by Crippen LogP contribution is -2.64. The van der Waals surface area contributed by atoms with Crippen molar-refractivity contribution in [1.82, 2.24) is 4.90 Å². The smallest absolute Gasteiger partial charge is 0.223 e. The van der Waals surface area contributed by atoms with Crippen LogP contribution in [0.4, 0.5) is 0 Å². The van der Waals surface area contributed by atoms with Gasteiger partial charge in [0.25, 0.3) is 0 Å². The van der Waals surface area contributed by atoms with Crippen molar-refractivity contribution in [3.63, 3.8) is 0 Å². The largest absolute Gasteiger partial charge is 0.393 e. The van der Waals surface area contributed by atoms with E-state index in [9.17, 15) is 14.7 Å². The number of carbonyl (C=O) groups excluding carboxylic acids is 2. The van der Waals surface area contributed by atoms with Crippen LogP contribution in [-0.2, 0) is 16.1 Å². The lowest BCUT2D eigenvalue weighted by Gasteiger charge is -2.61.